The number of nitrogens with zero attached hydrogens (tertiary/aromatic N) is 2. The van der Waals surface area contributed by atoms with Crippen LogP contribution < -0.4 is 29.1 Å². The molecule has 0 spiro atoms. The SMILES string of the molecule is C=CCOc1ccc([C@H]2C(C(=O)OCC)=C(C)N=c3sc(=Cc4ccc(OC(C)=O)cc4)c(=O)n32)cc1OCC. The molecule has 0 unspecified atom stereocenters. The molecule has 1 aliphatic heterocycles. The summed E-state index contributed by atoms with van der Waals surface area (Å²) in [5.74, 6) is 0.449. The molecule has 40 heavy (non-hydrogen) atoms. The van der Waals surface area contributed by atoms with Crippen molar-refractivity contribution in [2.75, 3.05) is 19.8 Å². The van der Waals surface area contributed by atoms with E-state index in [0.29, 0.717) is 51.1 Å². The van der Waals surface area contributed by atoms with Crippen LogP contribution >= 0.6 is 11.3 Å². The molecule has 1 aliphatic rings. The van der Waals surface area contributed by atoms with E-state index in [1.807, 2.05) is 6.92 Å². The van der Waals surface area contributed by atoms with Crippen molar-refractivity contribution in [3.8, 4) is 17.2 Å². The predicted molar refractivity (Wildman–Crippen MR) is 151 cm³/mol. The van der Waals surface area contributed by atoms with Crippen LogP contribution in [0.3, 0.4) is 0 Å². The summed E-state index contributed by atoms with van der Waals surface area (Å²) in [4.78, 5) is 43.3. The van der Waals surface area contributed by atoms with Crippen molar-refractivity contribution >= 4 is 29.4 Å². The maximum atomic E-state index is 13.8. The molecule has 1 atom stereocenters. The molecule has 0 amide bonds. The van der Waals surface area contributed by atoms with Crippen LogP contribution in [-0.2, 0) is 14.3 Å². The van der Waals surface area contributed by atoms with Crippen LogP contribution in [0.4, 0.5) is 0 Å². The summed E-state index contributed by atoms with van der Waals surface area (Å²) in [5, 5.41) is 0. The third-order valence-electron chi connectivity index (χ3n) is 5.90. The summed E-state index contributed by atoms with van der Waals surface area (Å²) in [5.41, 5.74) is 1.81. The molecule has 0 radical (unpaired) electrons. The molecule has 208 valence electrons. The maximum Gasteiger partial charge on any atom is 0.338 e. The molecule has 0 bridgehead atoms. The second-order valence-corrected chi connectivity index (χ2v) is 9.71. The van der Waals surface area contributed by atoms with Crippen LogP contribution in [0.5, 0.6) is 17.2 Å². The molecule has 0 fully saturated rings. The quantitative estimate of drug-likeness (QED) is 0.211. The van der Waals surface area contributed by atoms with Crippen LogP contribution in [-0.4, -0.2) is 36.3 Å². The van der Waals surface area contributed by atoms with E-state index in [1.165, 1.54) is 22.8 Å². The minimum atomic E-state index is -0.795. The van der Waals surface area contributed by atoms with Gasteiger partial charge >= 0.3 is 11.9 Å². The minimum Gasteiger partial charge on any atom is -0.490 e. The van der Waals surface area contributed by atoms with Crippen molar-refractivity contribution in [2.24, 2.45) is 4.99 Å². The number of rotatable bonds is 10. The highest BCUT2D eigenvalue weighted by molar-refractivity contribution is 7.07. The molecule has 0 N–H and O–H groups in total. The van der Waals surface area contributed by atoms with Gasteiger partial charge < -0.3 is 18.9 Å². The third-order valence-corrected chi connectivity index (χ3v) is 6.88. The highest BCUT2D eigenvalue weighted by Crippen LogP contribution is 2.36. The maximum absolute atomic E-state index is 13.8. The number of benzene rings is 2. The zero-order chi connectivity index (χ0) is 28.8. The first kappa shape index (κ1) is 28.6. The van der Waals surface area contributed by atoms with Gasteiger partial charge in [0.25, 0.3) is 5.56 Å². The number of fused-ring (bicyclic) bond motifs is 1. The average Bonchev–Trinajstić information content (AvgIpc) is 3.22. The molecular weight excluding hydrogens is 532 g/mol. The summed E-state index contributed by atoms with van der Waals surface area (Å²) in [7, 11) is 0. The van der Waals surface area contributed by atoms with Crippen molar-refractivity contribution in [3.05, 3.63) is 97.2 Å². The molecule has 9 nitrogen and oxygen atoms in total. The number of thiazole rings is 1. The van der Waals surface area contributed by atoms with Gasteiger partial charge in [-0.05, 0) is 62.2 Å². The number of carbonyl (C=O) groups is 2. The van der Waals surface area contributed by atoms with Gasteiger partial charge in [-0.25, -0.2) is 9.79 Å². The van der Waals surface area contributed by atoms with E-state index >= 15 is 0 Å². The second kappa shape index (κ2) is 12.6. The number of hydrogen-bond acceptors (Lipinski definition) is 9. The fraction of sp³-hybridized carbons (Fsp3) is 0.267. The Balaban J connectivity index is 1.88. The van der Waals surface area contributed by atoms with E-state index in [2.05, 4.69) is 11.6 Å². The van der Waals surface area contributed by atoms with Gasteiger partial charge in [0.05, 0.1) is 35.1 Å². The third kappa shape index (κ3) is 6.07. The van der Waals surface area contributed by atoms with E-state index in [0.717, 1.165) is 5.56 Å². The molecular formula is C30H30N2O7S. The fourth-order valence-corrected chi connectivity index (χ4v) is 5.33. The normalized spacial score (nSPS) is 14.7. The molecule has 2 aromatic carbocycles. The lowest BCUT2D eigenvalue weighted by molar-refractivity contribution is -0.139. The fourth-order valence-electron chi connectivity index (χ4n) is 4.29. The molecule has 0 saturated heterocycles. The van der Waals surface area contributed by atoms with Crippen molar-refractivity contribution in [1.82, 2.24) is 4.57 Å². The zero-order valence-corrected chi connectivity index (χ0v) is 23.6. The molecule has 2 heterocycles. The molecule has 0 saturated carbocycles. The first-order valence-corrected chi connectivity index (χ1v) is 13.6. The number of hydrogen-bond donors (Lipinski definition) is 0. The smallest absolute Gasteiger partial charge is 0.338 e. The second-order valence-electron chi connectivity index (χ2n) is 8.70. The minimum absolute atomic E-state index is 0.175. The van der Waals surface area contributed by atoms with Gasteiger partial charge in [-0.15, -0.1) is 0 Å². The van der Waals surface area contributed by atoms with Crippen LogP contribution in [0.2, 0.25) is 0 Å². The Hall–Kier alpha value is -4.44. The molecule has 3 aromatic rings. The van der Waals surface area contributed by atoms with E-state index in [4.69, 9.17) is 18.9 Å². The van der Waals surface area contributed by atoms with Gasteiger partial charge in [-0.1, -0.05) is 42.2 Å². The van der Waals surface area contributed by atoms with Crippen LogP contribution in [0.1, 0.15) is 44.9 Å². The van der Waals surface area contributed by atoms with Gasteiger partial charge in [0.2, 0.25) is 0 Å². The Morgan fingerprint density at radius 1 is 1.07 bits per heavy atom. The number of esters is 2. The van der Waals surface area contributed by atoms with E-state index in [9.17, 15) is 14.4 Å². The van der Waals surface area contributed by atoms with Gasteiger partial charge in [0, 0.05) is 6.92 Å². The van der Waals surface area contributed by atoms with Gasteiger partial charge in [-0.2, -0.15) is 0 Å². The van der Waals surface area contributed by atoms with Crippen molar-refractivity contribution in [2.45, 2.75) is 33.7 Å². The summed E-state index contributed by atoms with van der Waals surface area (Å²) >= 11 is 1.22. The van der Waals surface area contributed by atoms with Crippen LogP contribution in [0.15, 0.2) is 76.2 Å². The first-order chi connectivity index (χ1) is 19.3. The van der Waals surface area contributed by atoms with Gasteiger partial charge in [-0.3, -0.25) is 14.2 Å². The lowest BCUT2D eigenvalue weighted by Gasteiger charge is -2.25. The lowest BCUT2D eigenvalue weighted by atomic mass is 9.95. The van der Waals surface area contributed by atoms with Gasteiger partial charge in [0.15, 0.2) is 16.3 Å². The molecule has 4 rings (SSSR count). The Kier molecular flexibility index (Phi) is 9.00. The molecule has 0 aliphatic carbocycles. The molecule has 1 aromatic heterocycles. The number of aromatic nitrogens is 1. The highest BCUT2D eigenvalue weighted by atomic mass is 32.1. The van der Waals surface area contributed by atoms with Crippen LogP contribution in [0.25, 0.3) is 6.08 Å². The van der Waals surface area contributed by atoms with E-state index in [1.54, 1.807) is 68.5 Å². The standard InChI is InChI=1S/C30H30N2O7S/c1-6-15-38-23-14-11-21(17-24(23)36-7-2)27-26(29(35)37-8-3)18(4)31-30-32(27)28(34)25(40-30)16-20-9-12-22(13-10-20)39-19(5)33/h6,9-14,16-17,27H,1,7-8,15H2,2-5H3/t27-/m0/s1. The highest BCUT2D eigenvalue weighted by Gasteiger charge is 2.34. The van der Waals surface area contributed by atoms with Crippen molar-refractivity contribution in [1.29, 1.82) is 0 Å². The zero-order valence-electron chi connectivity index (χ0n) is 22.8. The Morgan fingerprint density at radius 3 is 2.48 bits per heavy atom. The van der Waals surface area contributed by atoms with Crippen LogP contribution in [0, 0.1) is 0 Å². The summed E-state index contributed by atoms with van der Waals surface area (Å²) in [6.07, 6.45) is 3.37. The van der Waals surface area contributed by atoms with Crippen molar-refractivity contribution in [3.63, 3.8) is 0 Å². The summed E-state index contributed by atoms with van der Waals surface area (Å²) in [6, 6.07) is 11.3. The summed E-state index contributed by atoms with van der Waals surface area (Å²) < 4.78 is 24.0. The van der Waals surface area contributed by atoms with E-state index in [-0.39, 0.29) is 17.7 Å². The Labute approximate surface area is 235 Å². The largest absolute Gasteiger partial charge is 0.490 e. The topological polar surface area (TPSA) is 105 Å². The van der Waals surface area contributed by atoms with E-state index < -0.39 is 18.0 Å². The number of allylic oxidation sites excluding steroid dienone is 1. The first-order valence-electron chi connectivity index (χ1n) is 12.8. The summed E-state index contributed by atoms with van der Waals surface area (Å²) in [6.45, 7) is 11.2. The number of carbonyl (C=O) groups excluding carboxylic acids is 2. The Bertz CT molecular complexity index is 1650. The van der Waals surface area contributed by atoms with Crippen molar-refractivity contribution < 1.29 is 28.5 Å². The average molecular weight is 563 g/mol. The number of ether oxygens (including phenoxy) is 4. The monoisotopic (exact) mass is 562 g/mol. The van der Waals surface area contributed by atoms with Gasteiger partial charge in [0.1, 0.15) is 12.4 Å². The predicted octanol–water partition coefficient (Wildman–Crippen LogP) is 3.69. The lowest BCUT2D eigenvalue weighted by Crippen LogP contribution is -2.40. The Morgan fingerprint density at radius 2 is 1.82 bits per heavy atom. The molecule has 10 heteroatoms.